The van der Waals surface area contributed by atoms with Crippen molar-refractivity contribution < 1.29 is 18.9 Å². The number of benzene rings is 1. The number of unbranched alkanes of at least 4 members (excludes halogenated alkanes) is 1. The average molecular weight is 523 g/mol. The van der Waals surface area contributed by atoms with E-state index in [2.05, 4.69) is 27.8 Å². The number of rotatable bonds is 15. The zero-order valence-corrected chi connectivity index (χ0v) is 20.6. The van der Waals surface area contributed by atoms with Crippen LogP contribution in [0.5, 0.6) is 11.5 Å². The van der Waals surface area contributed by atoms with Crippen molar-refractivity contribution in [3.63, 3.8) is 0 Å². The molecule has 2 N–H and O–H groups in total. The van der Waals surface area contributed by atoms with Crippen LogP contribution in [0.15, 0.2) is 23.2 Å². The second-order valence-electron chi connectivity index (χ2n) is 6.26. The molecule has 1 rings (SSSR count). The minimum atomic E-state index is 0. The molecule has 1 aromatic rings. The first-order valence-electron chi connectivity index (χ1n) is 10.1. The number of aryl methyl sites for hydroxylation is 1. The quantitative estimate of drug-likeness (QED) is 0.159. The van der Waals surface area contributed by atoms with Crippen molar-refractivity contribution in [3.8, 4) is 11.5 Å². The maximum atomic E-state index is 5.64. The molecule has 7 nitrogen and oxygen atoms in total. The Morgan fingerprint density at radius 2 is 1.72 bits per heavy atom. The molecule has 0 amide bonds. The van der Waals surface area contributed by atoms with Gasteiger partial charge in [-0.25, -0.2) is 0 Å². The molecule has 0 aromatic heterocycles. The Morgan fingerprint density at radius 3 is 2.38 bits per heavy atom. The molecule has 0 unspecified atom stereocenters. The van der Waals surface area contributed by atoms with Crippen molar-refractivity contribution in [2.75, 3.05) is 60.8 Å². The fourth-order valence-corrected chi connectivity index (χ4v) is 2.65. The highest BCUT2D eigenvalue weighted by atomic mass is 127. The Labute approximate surface area is 192 Å². The van der Waals surface area contributed by atoms with Crippen LogP contribution >= 0.6 is 24.0 Å². The second-order valence-corrected chi connectivity index (χ2v) is 6.26. The maximum absolute atomic E-state index is 5.64. The van der Waals surface area contributed by atoms with E-state index in [1.54, 1.807) is 21.3 Å². The van der Waals surface area contributed by atoms with Crippen molar-refractivity contribution >= 4 is 29.9 Å². The molecule has 0 aliphatic rings. The Bertz CT molecular complexity index is 559. The second kappa shape index (κ2) is 18.7. The van der Waals surface area contributed by atoms with Crippen LogP contribution in [0.2, 0.25) is 0 Å². The lowest BCUT2D eigenvalue weighted by Crippen LogP contribution is -2.38. The van der Waals surface area contributed by atoms with E-state index in [1.165, 1.54) is 5.56 Å². The fraction of sp³-hybridized carbons (Fsp3) is 0.667. The van der Waals surface area contributed by atoms with Gasteiger partial charge in [0.25, 0.3) is 0 Å². The molecule has 29 heavy (non-hydrogen) atoms. The normalized spacial score (nSPS) is 11.0. The van der Waals surface area contributed by atoms with Crippen LogP contribution < -0.4 is 20.1 Å². The lowest BCUT2D eigenvalue weighted by atomic mass is 10.1. The number of aliphatic imine (C=N–C) groups is 1. The molecule has 0 saturated heterocycles. The highest BCUT2D eigenvalue weighted by Gasteiger charge is 2.05. The van der Waals surface area contributed by atoms with E-state index in [0.29, 0.717) is 19.8 Å². The third kappa shape index (κ3) is 12.8. The predicted octanol–water partition coefficient (Wildman–Crippen LogP) is 3.25. The summed E-state index contributed by atoms with van der Waals surface area (Å²) in [6.45, 7) is 6.42. The fourth-order valence-electron chi connectivity index (χ4n) is 2.65. The van der Waals surface area contributed by atoms with Crippen molar-refractivity contribution in [2.45, 2.75) is 32.6 Å². The summed E-state index contributed by atoms with van der Waals surface area (Å²) < 4.78 is 21.4. The summed E-state index contributed by atoms with van der Waals surface area (Å²) in [6.07, 6.45) is 4.03. The topological polar surface area (TPSA) is 73.3 Å². The number of methoxy groups -OCH3 is 2. The van der Waals surface area contributed by atoms with Crippen LogP contribution in [-0.4, -0.2) is 66.7 Å². The average Bonchev–Trinajstić information content (AvgIpc) is 2.72. The minimum Gasteiger partial charge on any atom is -0.493 e. The van der Waals surface area contributed by atoms with Crippen LogP contribution in [0.1, 0.15) is 31.7 Å². The largest absolute Gasteiger partial charge is 0.493 e. The summed E-state index contributed by atoms with van der Waals surface area (Å²) in [7, 11) is 5.14. The number of nitrogens with zero attached hydrogens (tertiary/aromatic N) is 1. The van der Waals surface area contributed by atoms with E-state index in [4.69, 9.17) is 18.9 Å². The number of hydrogen-bond donors (Lipinski definition) is 2. The highest BCUT2D eigenvalue weighted by molar-refractivity contribution is 14.0. The lowest BCUT2D eigenvalue weighted by molar-refractivity contribution is 0.0689. The van der Waals surface area contributed by atoms with Gasteiger partial charge in [-0.2, -0.15) is 0 Å². The molecule has 0 fully saturated rings. The van der Waals surface area contributed by atoms with Gasteiger partial charge in [-0.1, -0.05) is 6.07 Å². The molecule has 0 spiro atoms. The molecule has 0 heterocycles. The van der Waals surface area contributed by atoms with Crippen molar-refractivity contribution in [1.29, 1.82) is 0 Å². The van der Waals surface area contributed by atoms with Crippen molar-refractivity contribution in [2.24, 2.45) is 4.99 Å². The van der Waals surface area contributed by atoms with Gasteiger partial charge in [0.05, 0.1) is 26.9 Å². The molecular formula is C21H38IN3O4. The molecular weight excluding hydrogens is 485 g/mol. The van der Waals surface area contributed by atoms with Gasteiger partial charge in [0.15, 0.2) is 17.5 Å². The van der Waals surface area contributed by atoms with Gasteiger partial charge in [-0.3, -0.25) is 4.99 Å². The Morgan fingerprint density at radius 1 is 0.966 bits per heavy atom. The Balaban J connectivity index is 0.00000784. The summed E-state index contributed by atoms with van der Waals surface area (Å²) in [4.78, 5) is 4.26. The van der Waals surface area contributed by atoms with Crippen LogP contribution in [0.3, 0.4) is 0 Å². The van der Waals surface area contributed by atoms with E-state index < -0.39 is 0 Å². The first kappa shape index (κ1) is 27.7. The first-order chi connectivity index (χ1) is 13.7. The molecule has 1 aromatic carbocycles. The number of guanidine groups is 1. The van der Waals surface area contributed by atoms with Crippen LogP contribution in [0, 0.1) is 0 Å². The van der Waals surface area contributed by atoms with Crippen molar-refractivity contribution in [3.05, 3.63) is 23.8 Å². The summed E-state index contributed by atoms with van der Waals surface area (Å²) in [6, 6.07) is 6.11. The standard InChI is InChI=1S/C21H37N3O4.HI/c1-5-28-20-17-18(10-11-19(20)26-4)9-8-13-24-21(22-2)23-12-6-7-14-27-16-15-25-3;/h10-11,17H,5-9,12-16H2,1-4H3,(H2,22,23,24);1H. The molecule has 0 aliphatic carbocycles. The van der Waals surface area contributed by atoms with Crippen LogP contribution in [-0.2, 0) is 15.9 Å². The lowest BCUT2D eigenvalue weighted by Gasteiger charge is -2.13. The summed E-state index contributed by atoms with van der Waals surface area (Å²) in [5.41, 5.74) is 1.24. The number of ether oxygens (including phenoxy) is 4. The number of nitrogens with one attached hydrogen (secondary N) is 2. The minimum absolute atomic E-state index is 0. The first-order valence-corrected chi connectivity index (χ1v) is 10.1. The number of halogens is 1. The Hall–Kier alpha value is -1.26. The van der Waals surface area contributed by atoms with Crippen LogP contribution in [0.4, 0.5) is 0 Å². The smallest absolute Gasteiger partial charge is 0.190 e. The summed E-state index contributed by atoms with van der Waals surface area (Å²) >= 11 is 0. The molecule has 0 bridgehead atoms. The molecule has 0 aliphatic heterocycles. The maximum Gasteiger partial charge on any atom is 0.190 e. The number of hydrogen-bond acceptors (Lipinski definition) is 5. The van der Waals surface area contributed by atoms with E-state index in [1.807, 2.05) is 13.0 Å². The van der Waals surface area contributed by atoms with Gasteiger partial charge in [0.2, 0.25) is 0 Å². The predicted molar refractivity (Wildman–Crippen MR) is 129 cm³/mol. The molecule has 0 radical (unpaired) electrons. The molecule has 0 saturated carbocycles. The van der Waals surface area contributed by atoms with Gasteiger partial charge >= 0.3 is 0 Å². The monoisotopic (exact) mass is 523 g/mol. The van der Waals surface area contributed by atoms with Crippen LogP contribution in [0.25, 0.3) is 0 Å². The molecule has 8 heteroatoms. The van der Waals surface area contributed by atoms with Gasteiger partial charge in [-0.05, 0) is 50.3 Å². The van der Waals surface area contributed by atoms with E-state index in [0.717, 1.165) is 62.8 Å². The SMILES string of the molecule is CCOc1cc(CCCNC(=NC)NCCCCOCCOC)ccc1OC.I. The Kier molecular flexibility index (Phi) is 17.9. The van der Waals surface area contributed by atoms with Crippen molar-refractivity contribution in [1.82, 2.24) is 10.6 Å². The third-order valence-corrected chi connectivity index (χ3v) is 4.13. The third-order valence-electron chi connectivity index (χ3n) is 4.13. The molecule has 168 valence electrons. The van der Waals surface area contributed by atoms with Gasteiger partial charge in [-0.15, -0.1) is 24.0 Å². The van der Waals surface area contributed by atoms with Gasteiger partial charge < -0.3 is 29.6 Å². The van der Waals surface area contributed by atoms with E-state index >= 15 is 0 Å². The zero-order chi connectivity index (χ0) is 20.5. The highest BCUT2D eigenvalue weighted by Crippen LogP contribution is 2.28. The van der Waals surface area contributed by atoms with Gasteiger partial charge in [0.1, 0.15) is 0 Å². The molecule has 0 atom stereocenters. The van der Waals surface area contributed by atoms with Gasteiger partial charge in [0, 0.05) is 33.9 Å². The summed E-state index contributed by atoms with van der Waals surface area (Å²) in [5, 5.41) is 6.69. The van der Waals surface area contributed by atoms with E-state index in [-0.39, 0.29) is 24.0 Å². The van der Waals surface area contributed by atoms with E-state index in [9.17, 15) is 0 Å². The zero-order valence-electron chi connectivity index (χ0n) is 18.3. The summed E-state index contributed by atoms with van der Waals surface area (Å²) in [5.74, 6) is 2.42.